The highest BCUT2D eigenvalue weighted by molar-refractivity contribution is 5.89. The number of carbonyl (C=O) groups excluding carboxylic acids is 1. The second-order valence-corrected chi connectivity index (χ2v) is 2.73. The van der Waals surface area contributed by atoms with E-state index in [-0.39, 0.29) is 24.9 Å². The topological polar surface area (TPSA) is 66.6 Å². The molecule has 1 aromatic rings. The van der Waals surface area contributed by atoms with Crippen molar-refractivity contribution < 1.29 is 14.3 Å². The molecular weight excluding hydrogens is 172 g/mol. The van der Waals surface area contributed by atoms with Gasteiger partial charge in [-0.05, 0) is 6.92 Å². The van der Waals surface area contributed by atoms with Crippen molar-refractivity contribution in [3.8, 4) is 0 Å². The van der Waals surface area contributed by atoms with Crippen molar-refractivity contribution in [2.75, 3.05) is 20.2 Å². The molecule has 0 aliphatic heterocycles. The number of amides is 1. The van der Waals surface area contributed by atoms with Crippen LogP contribution in [0.4, 0.5) is 0 Å². The van der Waals surface area contributed by atoms with Crippen LogP contribution in [0.5, 0.6) is 0 Å². The zero-order valence-electron chi connectivity index (χ0n) is 7.65. The molecule has 0 aromatic carbocycles. The Morgan fingerprint density at radius 3 is 2.92 bits per heavy atom. The molecule has 1 amide bonds. The molecule has 13 heavy (non-hydrogen) atoms. The lowest BCUT2D eigenvalue weighted by Crippen LogP contribution is -2.29. The number of carbonyl (C=O) groups is 1. The van der Waals surface area contributed by atoms with Gasteiger partial charge in [0.2, 0.25) is 0 Å². The Labute approximate surface area is 76.0 Å². The molecule has 0 spiro atoms. The first kappa shape index (κ1) is 9.73. The molecule has 0 aliphatic rings. The summed E-state index contributed by atoms with van der Waals surface area (Å²) in [6, 6.07) is 0. The molecule has 1 rings (SSSR count). The van der Waals surface area contributed by atoms with Gasteiger partial charge in [-0.25, -0.2) is 4.98 Å². The third kappa shape index (κ3) is 2.29. The van der Waals surface area contributed by atoms with Gasteiger partial charge in [0.25, 0.3) is 5.89 Å². The van der Waals surface area contributed by atoms with Crippen LogP contribution in [-0.4, -0.2) is 41.1 Å². The largest absolute Gasteiger partial charge is 0.438 e. The third-order valence-corrected chi connectivity index (χ3v) is 1.59. The fourth-order valence-electron chi connectivity index (χ4n) is 0.868. The number of hydrogen-bond acceptors (Lipinski definition) is 4. The smallest absolute Gasteiger partial charge is 0.309 e. The van der Waals surface area contributed by atoms with Crippen molar-refractivity contribution in [3.05, 3.63) is 17.8 Å². The van der Waals surface area contributed by atoms with Gasteiger partial charge in [-0.3, -0.25) is 4.79 Å². The average Bonchev–Trinajstić information content (AvgIpc) is 2.51. The first-order chi connectivity index (χ1) is 6.15. The van der Waals surface area contributed by atoms with Crippen LogP contribution in [0.2, 0.25) is 0 Å². The number of aryl methyl sites for hydroxylation is 1. The van der Waals surface area contributed by atoms with Gasteiger partial charge in [-0.2, -0.15) is 0 Å². The van der Waals surface area contributed by atoms with Crippen LogP contribution in [0.15, 0.2) is 10.6 Å². The lowest BCUT2D eigenvalue weighted by Gasteiger charge is -2.12. The lowest BCUT2D eigenvalue weighted by atomic mass is 10.5. The van der Waals surface area contributed by atoms with E-state index in [1.807, 2.05) is 0 Å². The van der Waals surface area contributed by atoms with Crippen molar-refractivity contribution in [1.82, 2.24) is 9.88 Å². The van der Waals surface area contributed by atoms with Crippen LogP contribution in [0.1, 0.15) is 16.4 Å². The lowest BCUT2D eigenvalue weighted by molar-refractivity contribution is 0.0726. The molecule has 1 N–H and O–H groups in total. The number of nitrogens with zero attached hydrogens (tertiary/aromatic N) is 2. The van der Waals surface area contributed by atoms with Crippen LogP contribution in [0.25, 0.3) is 0 Å². The maximum atomic E-state index is 11.4. The average molecular weight is 184 g/mol. The number of hydrogen-bond donors (Lipinski definition) is 1. The van der Waals surface area contributed by atoms with Gasteiger partial charge < -0.3 is 14.4 Å². The maximum Gasteiger partial charge on any atom is 0.309 e. The summed E-state index contributed by atoms with van der Waals surface area (Å²) in [5, 5.41) is 8.59. The van der Waals surface area contributed by atoms with Gasteiger partial charge in [-0.1, -0.05) is 0 Å². The first-order valence-corrected chi connectivity index (χ1v) is 3.94. The Kier molecular flexibility index (Phi) is 3.02. The number of aromatic nitrogens is 1. The van der Waals surface area contributed by atoms with Gasteiger partial charge in [0, 0.05) is 13.6 Å². The minimum Gasteiger partial charge on any atom is -0.438 e. The quantitative estimate of drug-likeness (QED) is 0.720. The predicted molar refractivity (Wildman–Crippen MR) is 45.3 cm³/mol. The number of aliphatic hydroxyl groups excluding tert-OH is 1. The molecule has 0 atom stereocenters. The van der Waals surface area contributed by atoms with Crippen LogP contribution < -0.4 is 0 Å². The van der Waals surface area contributed by atoms with Crippen molar-refractivity contribution in [2.24, 2.45) is 0 Å². The van der Waals surface area contributed by atoms with Gasteiger partial charge >= 0.3 is 5.91 Å². The number of likely N-dealkylation sites (N-methyl/N-ethyl adjacent to an activating group) is 1. The summed E-state index contributed by atoms with van der Waals surface area (Å²) in [6.45, 7) is 1.93. The fourth-order valence-corrected chi connectivity index (χ4v) is 0.868. The number of oxazole rings is 1. The summed E-state index contributed by atoms with van der Waals surface area (Å²) in [6.07, 6.45) is 1.49. The highest BCUT2D eigenvalue weighted by Crippen LogP contribution is 2.04. The third-order valence-electron chi connectivity index (χ3n) is 1.59. The molecule has 1 aromatic heterocycles. The molecule has 0 bridgehead atoms. The van der Waals surface area contributed by atoms with Gasteiger partial charge in [0.15, 0.2) is 0 Å². The zero-order chi connectivity index (χ0) is 9.84. The Hall–Kier alpha value is -1.36. The monoisotopic (exact) mass is 184 g/mol. The molecule has 72 valence electrons. The van der Waals surface area contributed by atoms with Crippen LogP contribution >= 0.6 is 0 Å². The summed E-state index contributed by atoms with van der Waals surface area (Å²) < 4.78 is 5.03. The van der Waals surface area contributed by atoms with Crippen molar-refractivity contribution in [1.29, 1.82) is 0 Å². The van der Waals surface area contributed by atoms with Crippen molar-refractivity contribution in [3.63, 3.8) is 0 Å². The summed E-state index contributed by atoms with van der Waals surface area (Å²) in [5.41, 5.74) is 0. The second-order valence-electron chi connectivity index (χ2n) is 2.73. The highest BCUT2D eigenvalue weighted by atomic mass is 16.4. The van der Waals surface area contributed by atoms with Crippen molar-refractivity contribution >= 4 is 5.91 Å². The van der Waals surface area contributed by atoms with Crippen LogP contribution in [0, 0.1) is 6.92 Å². The molecule has 0 fully saturated rings. The van der Waals surface area contributed by atoms with Crippen molar-refractivity contribution in [2.45, 2.75) is 6.92 Å². The Morgan fingerprint density at radius 2 is 2.46 bits per heavy atom. The highest BCUT2D eigenvalue weighted by Gasteiger charge is 2.15. The molecule has 1 heterocycles. The van der Waals surface area contributed by atoms with E-state index in [2.05, 4.69) is 4.98 Å². The van der Waals surface area contributed by atoms with E-state index < -0.39 is 0 Å². The molecule has 5 heteroatoms. The summed E-state index contributed by atoms with van der Waals surface area (Å²) in [7, 11) is 1.58. The molecular formula is C8H12N2O3. The molecule has 0 radical (unpaired) electrons. The van der Waals surface area contributed by atoms with E-state index in [0.717, 1.165) is 0 Å². The second kappa shape index (κ2) is 4.04. The maximum absolute atomic E-state index is 11.4. The van der Waals surface area contributed by atoms with Gasteiger partial charge in [-0.15, -0.1) is 0 Å². The summed E-state index contributed by atoms with van der Waals surface area (Å²) in [5.74, 6) is 0.344. The van der Waals surface area contributed by atoms with Crippen LogP contribution in [-0.2, 0) is 0 Å². The van der Waals surface area contributed by atoms with E-state index in [9.17, 15) is 4.79 Å². The number of rotatable bonds is 3. The van der Waals surface area contributed by atoms with E-state index in [1.54, 1.807) is 14.0 Å². The summed E-state index contributed by atoms with van der Waals surface area (Å²) in [4.78, 5) is 16.5. The van der Waals surface area contributed by atoms with Gasteiger partial charge in [0.1, 0.15) is 5.76 Å². The zero-order valence-corrected chi connectivity index (χ0v) is 7.65. The normalized spacial score (nSPS) is 10.1. The fraction of sp³-hybridized carbons (Fsp3) is 0.500. The van der Waals surface area contributed by atoms with E-state index in [1.165, 1.54) is 11.1 Å². The summed E-state index contributed by atoms with van der Waals surface area (Å²) >= 11 is 0. The predicted octanol–water partition coefficient (Wildman–Crippen LogP) is 0.0473. The standard InChI is InChI=1S/C8H12N2O3/c1-6-5-9-7(13-6)8(12)10(2)3-4-11/h5,11H,3-4H2,1-2H3. The number of aliphatic hydroxyl groups is 1. The van der Waals surface area contributed by atoms with E-state index in [4.69, 9.17) is 9.52 Å². The Morgan fingerprint density at radius 1 is 1.77 bits per heavy atom. The van der Waals surface area contributed by atoms with Gasteiger partial charge in [0.05, 0.1) is 12.8 Å². The van der Waals surface area contributed by atoms with E-state index in [0.29, 0.717) is 5.76 Å². The van der Waals surface area contributed by atoms with Crippen LogP contribution in [0.3, 0.4) is 0 Å². The molecule has 0 saturated carbocycles. The Balaban J connectivity index is 2.67. The van der Waals surface area contributed by atoms with E-state index >= 15 is 0 Å². The SMILES string of the molecule is Cc1cnc(C(=O)N(C)CCO)o1. The first-order valence-electron chi connectivity index (χ1n) is 3.94. The Bertz CT molecular complexity index is 295. The minimum absolute atomic E-state index is 0.0634. The molecule has 5 nitrogen and oxygen atoms in total. The molecule has 0 saturated heterocycles. The molecule has 0 unspecified atom stereocenters. The minimum atomic E-state index is -0.317. The molecule has 0 aliphatic carbocycles.